The standard InChI is InChI=1S/C28H30B3ClN4O2/c1-17-14-21(18-8-9-23(22(32)16-18)34-26(38)28(29,30)31)25(37)24(33-17)19-6-5-7-20(15-19)35-10-12-36(13-11-35)27(2,3)4/h5-9,14-16,37H,10-13H2,1-4H3,(H,34,38). The predicted molar refractivity (Wildman–Crippen MR) is 159 cm³/mol. The first-order chi connectivity index (χ1) is 17.7. The summed E-state index contributed by atoms with van der Waals surface area (Å²) in [5, 5.41) is 12.0. The van der Waals surface area contributed by atoms with Gasteiger partial charge in [0.1, 0.15) is 11.4 Å². The second kappa shape index (κ2) is 10.7. The van der Waals surface area contributed by atoms with Crippen LogP contribution in [0.1, 0.15) is 26.5 Å². The molecule has 2 heterocycles. The smallest absolute Gasteiger partial charge is 0.205 e. The zero-order valence-electron chi connectivity index (χ0n) is 22.3. The molecule has 10 heteroatoms. The molecule has 6 nitrogen and oxygen atoms in total. The van der Waals surface area contributed by atoms with Crippen LogP contribution in [0.5, 0.6) is 5.75 Å². The molecule has 0 bridgehead atoms. The van der Waals surface area contributed by atoms with Gasteiger partial charge in [0.15, 0.2) is 0 Å². The van der Waals surface area contributed by atoms with Gasteiger partial charge in [-0.25, -0.2) is 4.98 Å². The van der Waals surface area contributed by atoms with Crippen molar-refractivity contribution in [3.05, 3.63) is 59.2 Å². The first-order valence-electron chi connectivity index (χ1n) is 12.5. The number of anilines is 2. The van der Waals surface area contributed by atoms with E-state index in [0.717, 1.165) is 43.1 Å². The number of benzene rings is 2. The van der Waals surface area contributed by atoms with Gasteiger partial charge < -0.3 is 15.3 Å². The van der Waals surface area contributed by atoms with Crippen molar-refractivity contribution in [3.63, 3.8) is 0 Å². The number of rotatable bonds is 5. The van der Waals surface area contributed by atoms with E-state index in [1.54, 1.807) is 24.3 Å². The maximum Gasteiger partial charge on any atom is 0.205 e. The summed E-state index contributed by atoms with van der Waals surface area (Å²) in [5.74, 6) is -0.736. The lowest BCUT2D eigenvalue weighted by Gasteiger charge is -2.43. The fourth-order valence-electron chi connectivity index (χ4n) is 4.59. The molecule has 0 saturated carbocycles. The molecule has 2 N–H and O–H groups in total. The number of nitrogens with one attached hydrogen (secondary N) is 1. The SMILES string of the molecule is [B]C([B])([B])C(=O)Nc1ccc(-c2cc(C)nc(-c3cccc(N4CCN(C(C)(C)C)CC4)c3)c2O)cc1Cl. The quantitative estimate of drug-likeness (QED) is 0.483. The third-order valence-corrected chi connectivity index (χ3v) is 7.07. The van der Waals surface area contributed by atoms with Crippen molar-refractivity contribution in [2.24, 2.45) is 0 Å². The summed E-state index contributed by atoms with van der Waals surface area (Å²) in [4.78, 5) is 21.6. The van der Waals surface area contributed by atoms with Crippen molar-refractivity contribution >= 4 is 52.4 Å². The highest BCUT2D eigenvalue weighted by Gasteiger charge is 2.26. The van der Waals surface area contributed by atoms with Gasteiger partial charge in [-0.15, -0.1) is 0 Å². The lowest BCUT2D eigenvalue weighted by atomic mass is 9.42. The monoisotopic (exact) mass is 522 g/mol. The highest BCUT2D eigenvalue weighted by Crippen LogP contribution is 2.40. The summed E-state index contributed by atoms with van der Waals surface area (Å²) in [6, 6.07) is 14.9. The lowest BCUT2D eigenvalue weighted by Crippen LogP contribution is -2.53. The van der Waals surface area contributed by atoms with Gasteiger partial charge in [-0.1, -0.05) is 34.9 Å². The molecule has 1 saturated heterocycles. The van der Waals surface area contributed by atoms with E-state index >= 15 is 0 Å². The zero-order valence-corrected chi connectivity index (χ0v) is 23.0. The van der Waals surface area contributed by atoms with Gasteiger partial charge in [-0.3, -0.25) is 9.69 Å². The molecule has 3 aromatic rings. The molecule has 1 amide bonds. The van der Waals surface area contributed by atoms with Crippen molar-refractivity contribution in [2.45, 2.75) is 38.3 Å². The average molecular weight is 522 g/mol. The van der Waals surface area contributed by atoms with Crippen molar-refractivity contribution in [1.29, 1.82) is 0 Å². The van der Waals surface area contributed by atoms with Crippen LogP contribution >= 0.6 is 11.6 Å². The molecule has 1 aliphatic rings. The van der Waals surface area contributed by atoms with Crippen LogP contribution in [-0.4, -0.2) is 76.2 Å². The Labute approximate surface area is 234 Å². The molecular weight excluding hydrogens is 492 g/mol. The number of pyridine rings is 1. The zero-order chi connectivity index (χ0) is 27.8. The van der Waals surface area contributed by atoms with Gasteiger partial charge in [0.25, 0.3) is 0 Å². The molecular formula is C28H30B3ClN4O2. The van der Waals surface area contributed by atoms with E-state index in [0.29, 0.717) is 22.5 Å². The number of nitrogens with zero attached hydrogens (tertiary/aromatic N) is 3. The molecule has 1 fully saturated rings. The van der Waals surface area contributed by atoms with Crippen molar-refractivity contribution < 1.29 is 9.90 Å². The van der Waals surface area contributed by atoms with Crippen molar-refractivity contribution in [1.82, 2.24) is 9.88 Å². The second-order valence-corrected chi connectivity index (χ2v) is 11.2. The molecule has 0 atom stereocenters. The number of aromatic hydroxyl groups is 1. The minimum atomic E-state index is -2.04. The molecule has 6 radical (unpaired) electrons. The first-order valence-corrected chi connectivity index (χ1v) is 12.9. The topological polar surface area (TPSA) is 68.7 Å². The summed E-state index contributed by atoms with van der Waals surface area (Å²) in [7, 11) is 16.3. The Morgan fingerprint density at radius 1 is 1.00 bits per heavy atom. The summed E-state index contributed by atoms with van der Waals surface area (Å²) in [6.07, 6.45) is 0. The third kappa shape index (κ3) is 6.21. The Kier molecular flexibility index (Phi) is 7.92. The predicted octanol–water partition coefficient (Wildman–Crippen LogP) is 4.52. The van der Waals surface area contributed by atoms with Crippen LogP contribution in [0.25, 0.3) is 22.4 Å². The maximum absolute atomic E-state index is 12.0. The van der Waals surface area contributed by atoms with Crippen LogP contribution in [0, 0.1) is 6.92 Å². The summed E-state index contributed by atoms with van der Waals surface area (Å²) >= 11 is 6.42. The average Bonchev–Trinajstić information content (AvgIpc) is 2.85. The van der Waals surface area contributed by atoms with Gasteiger partial charge in [-0.05, 0) is 63.6 Å². The third-order valence-electron chi connectivity index (χ3n) is 6.76. The Bertz CT molecular complexity index is 1350. The summed E-state index contributed by atoms with van der Waals surface area (Å²) in [6.45, 7) is 12.5. The van der Waals surface area contributed by atoms with E-state index in [-0.39, 0.29) is 16.3 Å². The molecule has 1 aliphatic heterocycles. The van der Waals surface area contributed by atoms with Crippen molar-refractivity contribution in [2.75, 3.05) is 36.4 Å². The lowest BCUT2D eigenvalue weighted by molar-refractivity contribution is -0.115. The van der Waals surface area contributed by atoms with Gasteiger partial charge in [0.05, 0.1) is 34.2 Å². The van der Waals surface area contributed by atoms with Crippen LogP contribution < -0.4 is 10.2 Å². The molecule has 2 aromatic carbocycles. The maximum atomic E-state index is 12.0. The summed E-state index contributed by atoms with van der Waals surface area (Å²) in [5.41, 5.74) is 4.83. The second-order valence-electron chi connectivity index (χ2n) is 10.8. The number of aromatic nitrogens is 1. The minimum Gasteiger partial charge on any atom is -0.505 e. The largest absolute Gasteiger partial charge is 0.505 e. The van der Waals surface area contributed by atoms with E-state index in [1.807, 2.05) is 19.1 Å². The number of piperazine rings is 1. The number of aryl methyl sites for hydroxylation is 1. The Balaban J connectivity index is 1.62. The summed E-state index contributed by atoms with van der Waals surface area (Å²) < 4.78 is 0. The van der Waals surface area contributed by atoms with E-state index < -0.39 is 11.0 Å². The van der Waals surface area contributed by atoms with Crippen LogP contribution in [0.4, 0.5) is 11.4 Å². The highest BCUT2D eigenvalue weighted by molar-refractivity contribution is 6.69. The van der Waals surface area contributed by atoms with Crippen LogP contribution in [0.3, 0.4) is 0 Å². The number of carbonyl (C=O) groups excluding carboxylic acids is 1. The van der Waals surface area contributed by atoms with Gasteiger partial charge in [0, 0.05) is 54.2 Å². The fraction of sp³-hybridized carbons (Fsp3) is 0.357. The molecule has 4 rings (SSSR count). The van der Waals surface area contributed by atoms with Gasteiger partial charge >= 0.3 is 0 Å². The molecule has 0 spiro atoms. The van der Waals surface area contributed by atoms with E-state index in [1.165, 1.54) is 0 Å². The van der Waals surface area contributed by atoms with E-state index in [9.17, 15) is 9.90 Å². The minimum absolute atomic E-state index is 0.0445. The van der Waals surface area contributed by atoms with Gasteiger partial charge in [-0.2, -0.15) is 0 Å². The fourth-order valence-corrected chi connectivity index (χ4v) is 4.82. The number of halogens is 1. The Morgan fingerprint density at radius 2 is 1.68 bits per heavy atom. The van der Waals surface area contributed by atoms with Crippen LogP contribution in [0.15, 0.2) is 48.5 Å². The number of carbonyl (C=O) groups is 1. The number of amides is 1. The molecule has 190 valence electrons. The molecule has 1 aromatic heterocycles. The normalized spacial score (nSPS) is 14.9. The number of hydrogen-bond acceptors (Lipinski definition) is 5. The first kappa shape index (κ1) is 28.1. The molecule has 0 aliphatic carbocycles. The molecule has 38 heavy (non-hydrogen) atoms. The highest BCUT2D eigenvalue weighted by atomic mass is 35.5. The molecule has 0 unspecified atom stereocenters. The van der Waals surface area contributed by atoms with Crippen molar-refractivity contribution in [3.8, 4) is 28.1 Å². The Hall–Kier alpha value is -2.90. The van der Waals surface area contributed by atoms with Gasteiger partial charge in [0.2, 0.25) is 5.91 Å². The Morgan fingerprint density at radius 3 is 2.29 bits per heavy atom. The number of hydrogen-bond donors (Lipinski definition) is 2. The van der Waals surface area contributed by atoms with E-state index in [2.05, 4.69) is 53.0 Å². The van der Waals surface area contributed by atoms with Crippen LogP contribution in [-0.2, 0) is 4.79 Å². The van der Waals surface area contributed by atoms with E-state index in [4.69, 9.17) is 35.1 Å². The van der Waals surface area contributed by atoms with Crippen LogP contribution in [0.2, 0.25) is 10.1 Å².